The van der Waals surface area contributed by atoms with Crippen LogP contribution in [0.2, 0.25) is 0 Å². The molecule has 0 fully saturated rings. The Morgan fingerprint density at radius 3 is 1.56 bits per heavy atom. The van der Waals surface area contributed by atoms with Crippen molar-refractivity contribution in [3.63, 3.8) is 0 Å². The molecule has 0 rings (SSSR count). The molecular weight excluding hydrogens is 246 g/mol. The van der Waals surface area contributed by atoms with E-state index >= 15 is 0 Å². The van der Waals surface area contributed by atoms with Crippen LogP contribution in [0.5, 0.6) is 0 Å². The molecule has 0 bridgehead atoms. The standard InChI is InChI=1S/C15H33ClNO/c1-4-7-10-17(11-8-5-2,12-9-6-3)14-15(18)13-16/h15,18H,4-14H2,1-3H3/q+1. The van der Waals surface area contributed by atoms with Crippen molar-refractivity contribution < 1.29 is 9.59 Å². The molecule has 110 valence electrons. The van der Waals surface area contributed by atoms with Crippen molar-refractivity contribution in [1.29, 1.82) is 0 Å². The van der Waals surface area contributed by atoms with Crippen LogP contribution in [-0.2, 0) is 0 Å². The van der Waals surface area contributed by atoms with Gasteiger partial charge < -0.3 is 9.59 Å². The maximum atomic E-state index is 9.94. The molecule has 0 aromatic heterocycles. The van der Waals surface area contributed by atoms with Gasteiger partial charge in [-0.2, -0.15) is 0 Å². The Hall–Kier alpha value is 0.210. The molecule has 0 spiro atoms. The first kappa shape index (κ1) is 18.2. The normalized spacial score (nSPS) is 13.8. The van der Waals surface area contributed by atoms with Gasteiger partial charge in [-0.3, -0.25) is 0 Å². The molecule has 1 unspecified atom stereocenters. The average Bonchev–Trinajstić information content (AvgIpc) is 2.40. The summed E-state index contributed by atoms with van der Waals surface area (Å²) in [7, 11) is 0. The number of unbranched alkanes of at least 4 members (excludes halogenated alkanes) is 3. The van der Waals surface area contributed by atoms with Gasteiger partial charge >= 0.3 is 0 Å². The molecule has 0 aromatic carbocycles. The fraction of sp³-hybridized carbons (Fsp3) is 1.00. The third-order valence-electron chi connectivity index (χ3n) is 3.73. The van der Waals surface area contributed by atoms with E-state index in [1.54, 1.807) is 0 Å². The highest BCUT2D eigenvalue weighted by molar-refractivity contribution is 6.18. The molecule has 0 saturated heterocycles. The van der Waals surface area contributed by atoms with E-state index in [4.69, 9.17) is 11.6 Å². The second kappa shape index (κ2) is 11.1. The first-order valence-corrected chi connectivity index (χ1v) is 8.26. The summed E-state index contributed by atoms with van der Waals surface area (Å²) in [6, 6.07) is 0. The first-order chi connectivity index (χ1) is 8.64. The molecule has 1 atom stereocenters. The number of quaternary nitrogens is 1. The van der Waals surface area contributed by atoms with Gasteiger partial charge in [0.2, 0.25) is 0 Å². The Balaban J connectivity index is 4.61. The largest absolute Gasteiger partial charge is 0.386 e. The van der Waals surface area contributed by atoms with Crippen molar-refractivity contribution in [3.05, 3.63) is 0 Å². The monoisotopic (exact) mass is 278 g/mol. The lowest BCUT2D eigenvalue weighted by molar-refractivity contribution is -0.931. The highest BCUT2D eigenvalue weighted by Crippen LogP contribution is 2.16. The number of alkyl halides is 1. The molecule has 0 amide bonds. The summed E-state index contributed by atoms with van der Waals surface area (Å²) in [6.07, 6.45) is 7.10. The molecule has 2 nitrogen and oxygen atoms in total. The first-order valence-electron chi connectivity index (χ1n) is 7.73. The van der Waals surface area contributed by atoms with Crippen LogP contribution >= 0.6 is 11.6 Å². The number of hydrogen-bond acceptors (Lipinski definition) is 1. The topological polar surface area (TPSA) is 20.2 Å². The zero-order chi connectivity index (χ0) is 13.9. The SMILES string of the molecule is CCCC[N+](CCCC)(CCCC)CC(O)CCl. The van der Waals surface area contributed by atoms with Gasteiger partial charge in [-0.05, 0) is 19.3 Å². The van der Waals surface area contributed by atoms with Crippen molar-refractivity contribution in [2.75, 3.05) is 32.1 Å². The lowest BCUT2D eigenvalue weighted by atomic mass is 10.1. The van der Waals surface area contributed by atoms with E-state index in [0.29, 0.717) is 5.88 Å². The molecule has 0 radical (unpaired) electrons. The molecule has 3 heteroatoms. The second-order valence-corrected chi connectivity index (χ2v) is 5.87. The van der Waals surface area contributed by atoms with Gasteiger partial charge in [-0.1, -0.05) is 40.0 Å². The second-order valence-electron chi connectivity index (χ2n) is 5.56. The fourth-order valence-electron chi connectivity index (χ4n) is 2.59. The third-order valence-corrected chi connectivity index (χ3v) is 4.09. The van der Waals surface area contributed by atoms with Crippen LogP contribution in [0.25, 0.3) is 0 Å². The minimum Gasteiger partial charge on any atom is -0.386 e. The van der Waals surface area contributed by atoms with Crippen LogP contribution in [0, 0.1) is 0 Å². The van der Waals surface area contributed by atoms with E-state index in [2.05, 4.69) is 20.8 Å². The number of nitrogens with zero attached hydrogens (tertiary/aromatic N) is 1. The van der Waals surface area contributed by atoms with Crippen LogP contribution in [0.4, 0.5) is 0 Å². The lowest BCUT2D eigenvalue weighted by Crippen LogP contribution is -2.54. The smallest absolute Gasteiger partial charge is 0.116 e. The van der Waals surface area contributed by atoms with Crippen LogP contribution in [0.15, 0.2) is 0 Å². The van der Waals surface area contributed by atoms with Crippen LogP contribution < -0.4 is 0 Å². The van der Waals surface area contributed by atoms with Crippen molar-refractivity contribution in [2.45, 2.75) is 65.4 Å². The molecule has 0 aliphatic carbocycles. The van der Waals surface area contributed by atoms with E-state index in [1.807, 2.05) is 0 Å². The summed E-state index contributed by atoms with van der Waals surface area (Å²) in [4.78, 5) is 0. The van der Waals surface area contributed by atoms with Gasteiger partial charge in [-0.15, -0.1) is 11.6 Å². The maximum absolute atomic E-state index is 9.94. The zero-order valence-electron chi connectivity index (χ0n) is 12.6. The highest BCUT2D eigenvalue weighted by Gasteiger charge is 2.28. The minimum absolute atomic E-state index is 0.350. The van der Waals surface area contributed by atoms with Gasteiger partial charge in [0.05, 0.1) is 25.5 Å². The van der Waals surface area contributed by atoms with E-state index in [-0.39, 0.29) is 6.10 Å². The third kappa shape index (κ3) is 7.60. The zero-order valence-corrected chi connectivity index (χ0v) is 13.4. The summed E-state index contributed by atoms with van der Waals surface area (Å²) in [5.74, 6) is 0.365. The Labute approximate surface area is 119 Å². The average molecular weight is 279 g/mol. The molecule has 0 aromatic rings. The predicted octanol–water partition coefficient (Wildman–Crippen LogP) is 3.80. The Morgan fingerprint density at radius 2 is 1.28 bits per heavy atom. The number of rotatable bonds is 12. The molecule has 18 heavy (non-hydrogen) atoms. The molecule has 1 N–H and O–H groups in total. The van der Waals surface area contributed by atoms with E-state index < -0.39 is 0 Å². The van der Waals surface area contributed by atoms with Crippen molar-refractivity contribution in [1.82, 2.24) is 0 Å². The lowest BCUT2D eigenvalue weighted by Gasteiger charge is -2.40. The number of aliphatic hydroxyl groups is 1. The number of hydrogen-bond donors (Lipinski definition) is 1. The fourth-order valence-corrected chi connectivity index (χ4v) is 2.68. The summed E-state index contributed by atoms with van der Waals surface area (Å²) >= 11 is 5.80. The highest BCUT2D eigenvalue weighted by atomic mass is 35.5. The molecular formula is C15H33ClNO+. The van der Waals surface area contributed by atoms with E-state index in [0.717, 1.165) is 11.0 Å². The van der Waals surface area contributed by atoms with Crippen LogP contribution in [0.3, 0.4) is 0 Å². The van der Waals surface area contributed by atoms with Gasteiger partial charge in [0.25, 0.3) is 0 Å². The maximum Gasteiger partial charge on any atom is 0.116 e. The van der Waals surface area contributed by atoms with Crippen molar-refractivity contribution in [2.24, 2.45) is 0 Å². The summed E-state index contributed by atoms with van der Waals surface area (Å²) in [6.45, 7) is 11.2. The van der Waals surface area contributed by atoms with Crippen LogP contribution in [0.1, 0.15) is 59.3 Å². The molecule has 0 aliphatic rings. The van der Waals surface area contributed by atoms with Crippen LogP contribution in [-0.4, -0.2) is 47.8 Å². The Kier molecular flexibility index (Phi) is 11.2. The molecule has 0 saturated carbocycles. The Morgan fingerprint density at radius 1 is 0.889 bits per heavy atom. The van der Waals surface area contributed by atoms with Crippen molar-refractivity contribution in [3.8, 4) is 0 Å². The summed E-state index contributed by atoms with van der Waals surface area (Å²) in [5.41, 5.74) is 0. The van der Waals surface area contributed by atoms with Gasteiger partial charge in [0, 0.05) is 0 Å². The van der Waals surface area contributed by atoms with Crippen molar-refractivity contribution >= 4 is 11.6 Å². The predicted molar refractivity (Wildman–Crippen MR) is 81.2 cm³/mol. The molecule has 0 heterocycles. The molecule has 0 aliphatic heterocycles. The van der Waals surface area contributed by atoms with E-state index in [1.165, 1.54) is 58.2 Å². The number of halogens is 1. The summed E-state index contributed by atoms with van der Waals surface area (Å²) < 4.78 is 1.07. The minimum atomic E-state index is -0.350. The van der Waals surface area contributed by atoms with Gasteiger partial charge in [0.15, 0.2) is 0 Å². The van der Waals surface area contributed by atoms with E-state index in [9.17, 15) is 5.11 Å². The quantitative estimate of drug-likeness (QED) is 0.425. The Bertz CT molecular complexity index is 166. The number of aliphatic hydroxyl groups excluding tert-OH is 1. The van der Waals surface area contributed by atoms with Gasteiger partial charge in [0.1, 0.15) is 12.6 Å². The van der Waals surface area contributed by atoms with Gasteiger partial charge in [-0.25, -0.2) is 0 Å². The summed E-state index contributed by atoms with van der Waals surface area (Å²) in [5, 5.41) is 9.94.